The fourth-order valence-corrected chi connectivity index (χ4v) is 4.89. The van der Waals surface area contributed by atoms with Crippen molar-refractivity contribution in [3.63, 3.8) is 0 Å². The lowest BCUT2D eigenvalue weighted by molar-refractivity contribution is -0.150. The SMILES string of the molecule is CCOC(=O)[C@H](C)Oc1c(Br)cc(C=Nn2c(C(C)(C)C)nc3ccc(Br)cc3c2=O)cc1Br. The van der Waals surface area contributed by atoms with Crippen LogP contribution in [0.25, 0.3) is 10.9 Å². The van der Waals surface area contributed by atoms with Gasteiger partial charge in [0.25, 0.3) is 5.56 Å². The minimum absolute atomic E-state index is 0.256. The molecule has 0 bridgehead atoms. The highest BCUT2D eigenvalue weighted by molar-refractivity contribution is 9.11. The minimum Gasteiger partial charge on any atom is -0.477 e. The summed E-state index contributed by atoms with van der Waals surface area (Å²) in [5.74, 6) is 0.559. The summed E-state index contributed by atoms with van der Waals surface area (Å²) in [7, 11) is 0. The third kappa shape index (κ3) is 5.95. The van der Waals surface area contributed by atoms with Gasteiger partial charge in [0.1, 0.15) is 11.6 Å². The molecule has 34 heavy (non-hydrogen) atoms. The first-order valence-corrected chi connectivity index (χ1v) is 12.9. The Labute approximate surface area is 222 Å². The van der Waals surface area contributed by atoms with Crippen molar-refractivity contribution in [2.45, 2.75) is 46.1 Å². The molecular formula is C24H24Br3N3O4. The van der Waals surface area contributed by atoms with Crippen LogP contribution in [0.15, 0.2) is 53.6 Å². The lowest BCUT2D eigenvalue weighted by Gasteiger charge is -2.21. The summed E-state index contributed by atoms with van der Waals surface area (Å²) in [5, 5.41) is 4.96. The summed E-state index contributed by atoms with van der Waals surface area (Å²) in [5.41, 5.74) is 0.650. The quantitative estimate of drug-likeness (QED) is 0.233. The van der Waals surface area contributed by atoms with Gasteiger partial charge in [-0.25, -0.2) is 9.78 Å². The number of nitrogens with zero attached hydrogens (tertiary/aromatic N) is 3. The van der Waals surface area contributed by atoms with E-state index in [1.54, 1.807) is 38.3 Å². The second kappa shape index (κ2) is 10.7. The standard InChI is InChI=1S/C24H24Br3N3O4/c1-6-33-22(32)13(2)34-20-17(26)9-14(10-18(20)27)12-28-30-21(31)16-11-15(25)7-8-19(16)29-23(30)24(3,4)5/h7-13H,6H2,1-5H3/t13-/m0/s1. The lowest BCUT2D eigenvalue weighted by atomic mass is 9.95. The number of benzene rings is 2. The molecule has 0 spiro atoms. The molecule has 0 unspecified atom stereocenters. The monoisotopic (exact) mass is 655 g/mol. The van der Waals surface area contributed by atoms with Crippen LogP contribution in [0.5, 0.6) is 5.75 Å². The van der Waals surface area contributed by atoms with Crippen LogP contribution < -0.4 is 10.3 Å². The van der Waals surface area contributed by atoms with Crippen LogP contribution in [0.1, 0.15) is 46.0 Å². The molecule has 3 aromatic rings. The predicted molar refractivity (Wildman–Crippen MR) is 144 cm³/mol. The zero-order valence-corrected chi connectivity index (χ0v) is 24.1. The predicted octanol–water partition coefficient (Wildman–Crippen LogP) is 6.19. The molecule has 1 heterocycles. The molecule has 7 nitrogen and oxygen atoms in total. The molecule has 0 N–H and O–H groups in total. The first kappa shape index (κ1) is 26.6. The number of esters is 1. The first-order valence-electron chi connectivity index (χ1n) is 10.5. The molecule has 1 atom stereocenters. The second-order valence-electron chi connectivity index (χ2n) is 8.53. The molecule has 1 aromatic heterocycles. The topological polar surface area (TPSA) is 82.8 Å². The largest absolute Gasteiger partial charge is 0.477 e. The van der Waals surface area contributed by atoms with Gasteiger partial charge in [-0.15, -0.1) is 0 Å². The Bertz CT molecular complexity index is 1310. The van der Waals surface area contributed by atoms with Gasteiger partial charge in [0, 0.05) is 9.89 Å². The summed E-state index contributed by atoms with van der Waals surface area (Å²) in [6.45, 7) is 9.59. The minimum atomic E-state index is -0.775. The number of rotatable bonds is 6. The van der Waals surface area contributed by atoms with Crippen molar-refractivity contribution in [2.75, 3.05) is 6.61 Å². The molecule has 2 aromatic carbocycles. The molecule has 180 valence electrons. The van der Waals surface area contributed by atoms with E-state index >= 15 is 0 Å². The number of ether oxygens (including phenoxy) is 2. The van der Waals surface area contributed by atoms with E-state index in [0.717, 1.165) is 4.47 Å². The average Bonchev–Trinajstić information content (AvgIpc) is 2.75. The zero-order chi connectivity index (χ0) is 25.2. The van der Waals surface area contributed by atoms with Gasteiger partial charge >= 0.3 is 5.97 Å². The van der Waals surface area contributed by atoms with Crippen LogP contribution in [0.2, 0.25) is 0 Å². The number of carbonyl (C=O) groups excluding carboxylic acids is 1. The van der Waals surface area contributed by atoms with Crippen molar-refractivity contribution in [1.82, 2.24) is 9.66 Å². The number of hydrogen-bond donors (Lipinski definition) is 0. The van der Waals surface area contributed by atoms with Gasteiger partial charge in [-0.2, -0.15) is 9.78 Å². The van der Waals surface area contributed by atoms with Gasteiger partial charge < -0.3 is 9.47 Å². The van der Waals surface area contributed by atoms with Crippen molar-refractivity contribution in [2.24, 2.45) is 5.10 Å². The molecule has 0 saturated carbocycles. The van der Waals surface area contributed by atoms with Crippen LogP contribution in [0.4, 0.5) is 0 Å². The van der Waals surface area contributed by atoms with E-state index in [1.807, 2.05) is 32.9 Å². The molecule has 0 amide bonds. The molecule has 0 aliphatic rings. The van der Waals surface area contributed by atoms with E-state index < -0.39 is 17.5 Å². The molecular weight excluding hydrogens is 634 g/mol. The van der Waals surface area contributed by atoms with Crippen molar-refractivity contribution in [3.8, 4) is 5.75 Å². The number of fused-ring (bicyclic) bond motifs is 1. The summed E-state index contributed by atoms with van der Waals surface area (Å²) < 4.78 is 14.1. The summed E-state index contributed by atoms with van der Waals surface area (Å²) in [6, 6.07) is 8.99. The maximum Gasteiger partial charge on any atom is 0.347 e. The summed E-state index contributed by atoms with van der Waals surface area (Å²) >= 11 is 10.4. The molecule has 0 radical (unpaired) electrons. The maximum atomic E-state index is 13.3. The maximum absolute atomic E-state index is 13.3. The van der Waals surface area contributed by atoms with Crippen molar-refractivity contribution >= 4 is 70.9 Å². The third-order valence-electron chi connectivity index (χ3n) is 4.74. The van der Waals surface area contributed by atoms with E-state index in [4.69, 9.17) is 14.5 Å². The number of aromatic nitrogens is 2. The summed E-state index contributed by atoms with van der Waals surface area (Å²) in [4.78, 5) is 29.9. The highest BCUT2D eigenvalue weighted by Gasteiger charge is 2.23. The van der Waals surface area contributed by atoms with Crippen molar-refractivity contribution in [1.29, 1.82) is 0 Å². The average molecular weight is 658 g/mol. The van der Waals surface area contributed by atoms with E-state index in [1.165, 1.54) is 4.68 Å². The molecule has 0 aliphatic carbocycles. The molecule has 0 aliphatic heterocycles. The van der Waals surface area contributed by atoms with E-state index in [2.05, 4.69) is 52.9 Å². The van der Waals surface area contributed by atoms with E-state index in [-0.39, 0.29) is 12.2 Å². The molecule has 3 rings (SSSR count). The number of halogens is 3. The molecule has 0 fully saturated rings. The Morgan fingerprint density at radius 3 is 2.41 bits per heavy atom. The Hall–Kier alpha value is -2.04. The van der Waals surface area contributed by atoms with Crippen LogP contribution in [-0.2, 0) is 14.9 Å². The number of hydrogen-bond acceptors (Lipinski definition) is 6. The zero-order valence-electron chi connectivity index (χ0n) is 19.4. The smallest absolute Gasteiger partial charge is 0.347 e. The second-order valence-corrected chi connectivity index (χ2v) is 11.2. The molecule has 10 heteroatoms. The Kier molecular flexibility index (Phi) is 8.36. The van der Waals surface area contributed by atoms with E-state index in [0.29, 0.717) is 37.0 Å². The van der Waals surface area contributed by atoms with Gasteiger partial charge in [0.15, 0.2) is 6.10 Å². The highest BCUT2D eigenvalue weighted by Crippen LogP contribution is 2.35. The Morgan fingerprint density at radius 2 is 1.82 bits per heavy atom. The van der Waals surface area contributed by atoms with Crippen LogP contribution in [0.3, 0.4) is 0 Å². The lowest BCUT2D eigenvalue weighted by Crippen LogP contribution is -2.29. The van der Waals surface area contributed by atoms with Crippen LogP contribution in [0, 0.1) is 0 Å². The Balaban J connectivity index is 2.02. The molecule has 0 saturated heterocycles. The first-order chi connectivity index (χ1) is 15.9. The van der Waals surface area contributed by atoms with Gasteiger partial charge in [0.2, 0.25) is 0 Å². The fourth-order valence-electron chi connectivity index (χ4n) is 3.12. The van der Waals surface area contributed by atoms with E-state index in [9.17, 15) is 9.59 Å². The van der Waals surface area contributed by atoms with Crippen molar-refractivity contribution < 1.29 is 14.3 Å². The van der Waals surface area contributed by atoms with Gasteiger partial charge in [-0.05, 0) is 81.6 Å². The highest BCUT2D eigenvalue weighted by atomic mass is 79.9. The van der Waals surface area contributed by atoms with Gasteiger partial charge in [-0.1, -0.05) is 36.7 Å². The van der Waals surface area contributed by atoms with Crippen molar-refractivity contribution in [3.05, 3.63) is 65.5 Å². The fraction of sp³-hybridized carbons (Fsp3) is 0.333. The van der Waals surface area contributed by atoms with Gasteiger partial charge in [-0.3, -0.25) is 4.79 Å². The third-order valence-corrected chi connectivity index (χ3v) is 6.41. The van der Waals surface area contributed by atoms with Gasteiger partial charge in [0.05, 0.1) is 32.7 Å². The van der Waals surface area contributed by atoms with Crippen LogP contribution in [-0.4, -0.2) is 34.6 Å². The Morgan fingerprint density at radius 1 is 1.18 bits per heavy atom. The summed E-state index contributed by atoms with van der Waals surface area (Å²) in [6.07, 6.45) is 0.805. The normalized spacial score (nSPS) is 12.8. The number of carbonyl (C=O) groups is 1. The van der Waals surface area contributed by atoms with Crippen LogP contribution >= 0.6 is 47.8 Å².